The molecule has 2 unspecified atom stereocenters. The number of hydrogen-bond donors (Lipinski definition) is 2. The predicted molar refractivity (Wildman–Crippen MR) is 93.9 cm³/mol. The molecule has 0 saturated carbocycles. The minimum atomic E-state index is -0.664. The van der Waals surface area contributed by atoms with Crippen LogP contribution in [0.15, 0.2) is 12.1 Å². The summed E-state index contributed by atoms with van der Waals surface area (Å²) in [5.41, 5.74) is -0.608. The van der Waals surface area contributed by atoms with Gasteiger partial charge in [0.1, 0.15) is 11.6 Å². The SMILES string of the molecule is CC(NC(=O)C(NC(=O)OC(C)(C)C)C(C)C)c1ccc(Cl)s1. The smallest absolute Gasteiger partial charge is 0.408 e. The highest BCUT2D eigenvalue weighted by atomic mass is 35.5. The van der Waals surface area contributed by atoms with Crippen molar-refractivity contribution in [1.82, 2.24) is 10.6 Å². The number of rotatable bonds is 5. The molecule has 1 aromatic rings. The summed E-state index contributed by atoms with van der Waals surface area (Å²) in [6.45, 7) is 11.0. The number of alkyl carbamates (subject to hydrolysis) is 1. The molecule has 0 radical (unpaired) electrons. The quantitative estimate of drug-likeness (QED) is 0.829. The van der Waals surface area contributed by atoms with Crippen LogP contribution in [-0.2, 0) is 9.53 Å². The summed E-state index contributed by atoms with van der Waals surface area (Å²) < 4.78 is 5.89. The summed E-state index contributed by atoms with van der Waals surface area (Å²) in [5, 5.41) is 5.54. The van der Waals surface area contributed by atoms with E-state index in [1.54, 1.807) is 26.8 Å². The average Bonchev–Trinajstić information content (AvgIpc) is 2.80. The Kier molecular flexibility index (Phi) is 6.89. The molecule has 7 heteroatoms. The molecule has 5 nitrogen and oxygen atoms in total. The van der Waals surface area contributed by atoms with Gasteiger partial charge in [-0.1, -0.05) is 25.4 Å². The number of nitrogens with one attached hydrogen (secondary N) is 2. The van der Waals surface area contributed by atoms with Crippen LogP contribution in [0.4, 0.5) is 4.79 Å². The van der Waals surface area contributed by atoms with Crippen molar-refractivity contribution in [2.24, 2.45) is 5.92 Å². The summed E-state index contributed by atoms with van der Waals surface area (Å²) in [4.78, 5) is 25.3. The number of ether oxygens (including phenoxy) is 1. The lowest BCUT2D eigenvalue weighted by molar-refractivity contribution is -0.124. The van der Waals surface area contributed by atoms with Gasteiger partial charge in [0.15, 0.2) is 0 Å². The molecular formula is C16H25ClN2O3S. The van der Waals surface area contributed by atoms with E-state index in [2.05, 4.69) is 10.6 Å². The third-order valence-corrected chi connectivity index (χ3v) is 4.41. The lowest BCUT2D eigenvalue weighted by Gasteiger charge is -2.26. The molecule has 0 bridgehead atoms. The van der Waals surface area contributed by atoms with E-state index in [9.17, 15) is 9.59 Å². The highest BCUT2D eigenvalue weighted by molar-refractivity contribution is 7.16. The molecule has 0 spiro atoms. The molecular weight excluding hydrogens is 336 g/mol. The van der Waals surface area contributed by atoms with E-state index in [-0.39, 0.29) is 17.9 Å². The number of hydrogen-bond acceptors (Lipinski definition) is 4. The Morgan fingerprint density at radius 1 is 1.17 bits per heavy atom. The van der Waals surface area contributed by atoms with Gasteiger partial charge in [-0.2, -0.15) is 0 Å². The van der Waals surface area contributed by atoms with Gasteiger partial charge in [0, 0.05) is 4.88 Å². The molecule has 2 atom stereocenters. The molecule has 0 aliphatic carbocycles. The van der Waals surface area contributed by atoms with Gasteiger partial charge in [0.2, 0.25) is 5.91 Å². The van der Waals surface area contributed by atoms with E-state index in [0.717, 1.165) is 4.88 Å². The fourth-order valence-corrected chi connectivity index (χ4v) is 2.97. The first kappa shape index (κ1) is 19.8. The van der Waals surface area contributed by atoms with Crippen molar-refractivity contribution in [3.63, 3.8) is 0 Å². The summed E-state index contributed by atoms with van der Waals surface area (Å²) in [7, 11) is 0. The van der Waals surface area contributed by atoms with Gasteiger partial charge in [-0.05, 0) is 45.7 Å². The predicted octanol–water partition coefficient (Wildman–Crippen LogP) is 4.13. The average molecular weight is 361 g/mol. The topological polar surface area (TPSA) is 67.4 Å². The maximum atomic E-state index is 12.5. The Hall–Kier alpha value is -1.27. The van der Waals surface area contributed by atoms with Crippen molar-refractivity contribution in [3.8, 4) is 0 Å². The summed E-state index contributed by atoms with van der Waals surface area (Å²) in [5.74, 6) is -0.315. The van der Waals surface area contributed by atoms with Crippen molar-refractivity contribution in [2.45, 2.75) is 59.2 Å². The zero-order chi connectivity index (χ0) is 17.8. The maximum Gasteiger partial charge on any atom is 0.408 e. The number of carbonyl (C=O) groups is 2. The monoisotopic (exact) mass is 360 g/mol. The van der Waals surface area contributed by atoms with Crippen LogP contribution in [0.25, 0.3) is 0 Å². The minimum Gasteiger partial charge on any atom is -0.444 e. The molecule has 0 fully saturated rings. The largest absolute Gasteiger partial charge is 0.444 e. The fraction of sp³-hybridized carbons (Fsp3) is 0.625. The Morgan fingerprint density at radius 2 is 1.78 bits per heavy atom. The second kappa shape index (κ2) is 8.02. The van der Waals surface area contributed by atoms with Crippen LogP contribution in [-0.4, -0.2) is 23.6 Å². The second-order valence-corrected chi connectivity index (χ2v) is 8.49. The number of amides is 2. The van der Waals surface area contributed by atoms with Crippen molar-refractivity contribution in [2.75, 3.05) is 0 Å². The van der Waals surface area contributed by atoms with Gasteiger partial charge < -0.3 is 15.4 Å². The van der Waals surface area contributed by atoms with E-state index in [4.69, 9.17) is 16.3 Å². The van der Waals surface area contributed by atoms with Gasteiger partial charge in [-0.3, -0.25) is 4.79 Å². The minimum absolute atomic E-state index is 0.0679. The van der Waals surface area contributed by atoms with E-state index >= 15 is 0 Å². The van der Waals surface area contributed by atoms with Crippen molar-refractivity contribution < 1.29 is 14.3 Å². The third kappa shape index (κ3) is 6.79. The molecule has 0 aromatic carbocycles. The van der Waals surface area contributed by atoms with Gasteiger partial charge in [0.05, 0.1) is 10.4 Å². The summed E-state index contributed by atoms with van der Waals surface area (Å²) >= 11 is 7.34. The van der Waals surface area contributed by atoms with E-state index in [0.29, 0.717) is 4.34 Å². The molecule has 0 aliphatic rings. The molecule has 1 aromatic heterocycles. The lowest BCUT2D eigenvalue weighted by Crippen LogP contribution is -2.51. The van der Waals surface area contributed by atoms with Crippen LogP contribution in [0, 0.1) is 5.92 Å². The van der Waals surface area contributed by atoms with Crippen molar-refractivity contribution >= 4 is 34.9 Å². The summed E-state index contributed by atoms with van der Waals surface area (Å²) in [6, 6.07) is 2.83. The van der Waals surface area contributed by atoms with Crippen LogP contribution in [0.3, 0.4) is 0 Å². The molecule has 2 N–H and O–H groups in total. The Labute approximate surface area is 146 Å². The molecule has 2 amide bonds. The zero-order valence-electron chi connectivity index (χ0n) is 14.4. The lowest BCUT2D eigenvalue weighted by atomic mass is 10.0. The van der Waals surface area contributed by atoms with Crippen LogP contribution >= 0.6 is 22.9 Å². The van der Waals surface area contributed by atoms with Gasteiger partial charge in [-0.15, -0.1) is 11.3 Å². The Morgan fingerprint density at radius 3 is 2.22 bits per heavy atom. The van der Waals surface area contributed by atoms with Gasteiger partial charge in [-0.25, -0.2) is 4.79 Å². The van der Waals surface area contributed by atoms with E-state index in [1.165, 1.54) is 11.3 Å². The third-order valence-electron chi connectivity index (χ3n) is 3.00. The molecule has 130 valence electrons. The molecule has 0 saturated heterocycles. The Bertz CT molecular complexity index is 552. The molecule has 1 heterocycles. The van der Waals surface area contributed by atoms with Crippen LogP contribution in [0.1, 0.15) is 52.5 Å². The van der Waals surface area contributed by atoms with Gasteiger partial charge >= 0.3 is 6.09 Å². The van der Waals surface area contributed by atoms with Crippen molar-refractivity contribution in [1.29, 1.82) is 0 Å². The van der Waals surface area contributed by atoms with Crippen LogP contribution < -0.4 is 10.6 Å². The summed E-state index contributed by atoms with van der Waals surface area (Å²) in [6.07, 6.45) is -0.599. The maximum absolute atomic E-state index is 12.5. The molecule has 23 heavy (non-hydrogen) atoms. The Balaban J connectivity index is 2.69. The van der Waals surface area contributed by atoms with Crippen LogP contribution in [0.5, 0.6) is 0 Å². The van der Waals surface area contributed by atoms with Crippen LogP contribution in [0.2, 0.25) is 4.34 Å². The first-order valence-corrected chi connectivity index (χ1v) is 8.74. The zero-order valence-corrected chi connectivity index (χ0v) is 16.0. The number of thiophene rings is 1. The van der Waals surface area contributed by atoms with E-state index < -0.39 is 17.7 Å². The van der Waals surface area contributed by atoms with Crippen molar-refractivity contribution in [3.05, 3.63) is 21.3 Å². The highest BCUT2D eigenvalue weighted by Gasteiger charge is 2.28. The highest BCUT2D eigenvalue weighted by Crippen LogP contribution is 2.26. The first-order chi connectivity index (χ1) is 10.5. The number of halogens is 1. The van der Waals surface area contributed by atoms with Gasteiger partial charge in [0.25, 0.3) is 0 Å². The normalized spacial score (nSPS) is 14.3. The fourth-order valence-electron chi connectivity index (χ4n) is 1.90. The second-order valence-electron chi connectivity index (χ2n) is 6.74. The molecule has 1 rings (SSSR count). The number of carbonyl (C=O) groups excluding carboxylic acids is 2. The standard InChI is InChI=1S/C16H25ClN2O3S/c1-9(2)13(19-15(21)22-16(4,5)6)14(20)18-10(3)11-7-8-12(17)23-11/h7-10,13H,1-6H3,(H,18,20)(H,19,21). The van der Waals surface area contributed by atoms with E-state index in [1.807, 2.05) is 26.8 Å². The first-order valence-electron chi connectivity index (χ1n) is 7.54. The molecule has 0 aliphatic heterocycles.